The molecule has 1 aromatic rings. The Morgan fingerprint density at radius 2 is 2.08 bits per heavy atom. The van der Waals surface area contributed by atoms with Crippen LogP contribution in [0.2, 0.25) is 0 Å². The number of carbonyl (C=O) groups is 1. The highest BCUT2D eigenvalue weighted by Crippen LogP contribution is 2.23. The number of amides is 1. The summed E-state index contributed by atoms with van der Waals surface area (Å²) in [4.78, 5) is 14.8. The van der Waals surface area contributed by atoms with E-state index in [0.717, 1.165) is 32.5 Å². The molecule has 0 aromatic heterocycles. The molecule has 1 aliphatic heterocycles. The maximum absolute atomic E-state index is 12.8. The summed E-state index contributed by atoms with van der Waals surface area (Å²) in [5, 5.41) is 3.46. The minimum Gasteiger partial charge on any atom is -0.383 e. The van der Waals surface area contributed by atoms with Crippen LogP contribution in [-0.2, 0) is 16.0 Å². The number of halogens is 1. The molecule has 1 saturated heterocycles. The molecule has 1 amide bonds. The lowest BCUT2D eigenvalue weighted by atomic mass is 9.85. The fraction of sp³-hybridized carbons (Fsp3) is 0.667. The number of carbonyl (C=O) groups excluding carboxylic acids is 1. The largest absolute Gasteiger partial charge is 0.383 e. The van der Waals surface area contributed by atoms with E-state index in [1.54, 1.807) is 7.11 Å². The summed E-state index contributed by atoms with van der Waals surface area (Å²) in [5.41, 5.74) is 1.34. The van der Waals surface area contributed by atoms with Crippen LogP contribution in [0.3, 0.4) is 0 Å². The van der Waals surface area contributed by atoms with Gasteiger partial charge in [0.1, 0.15) is 0 Å². The summed E-state index contributed by atoms with van der Waals surface area (Å²) in [5.74, 6) is 1.36. The van der Waals surface area contributed by atoms with E-state index in [4.69, 9.17) is 4.74 Å². The molecule has 0 aliphatic carbocycles. The number of hydrogen-bond acceptors (Lipinski definition) is 3. The van der Waals surface area contributed by atoms with E-state index in [-0.39, 0.29) is 18.3 Å². The molecule has 0 radical (unpaired) electrons. The van der Waals surface area contributed by atoms with Crippen molar-refractivity contribution >= 4 is 18.3 Å². The summed E-state index contributed by atoms with van der Waals surface area (Å²) < 4.78 is 5.20. The van der Waals surface area contributed by atoms with Crippen LogP contribution in [-0.4, -0.2) is 50.7 Å². The van der Waals surface area contributed by atoms with Crippen molar-refractivity contribution in [2.75, 3.05) is 39.9 Å². The fourth-order valence-corrected chi connectivity index (χ4v) is 3.62. The zero-order chi connectivity index (χ0) is 17.9. The maximum Gasteiger partial charge on any atom is 0.222 e. The number of nitrogens with one attached hydrogen (secondary N) is 1. The Bertz CT molecular complexity index is 492. The molecule has 2 atom stereocenters. The van der Waals surface area contributed by atoms with Crippen molar-refractivity contribution in [2.45, 2.75) is 39.0 Å². The number of nitrogens with zero attached hydrogens (tertiary/aromatic N) is 1. The third-order valence-electron chi connectivity index (χ3n) is 5.29. The van der Waals surface area contributed by atoms with Gasteiger partial charge in [-0.05, 0) is 56.2 Å². The van der Waals surface area contributed by atoms with Crippen molar-refractivity contribution in [3.8, 4) is 0 Å². The van der Waals surface area contributed by atoms with E-state index >= 15 is 0 Å². The van der Waals surface area contributed by atoms with Crippen molar-refractivity contribution in [1.29, 1.82) is 0 Å². The molecular weight excluding hydrogens is 348 g/mol. The normalized spacial score (nSPS) is 18.0. The van der Waals surface area contributed by atoms with Crippen LogP contribution in [0, 0.1) is 11.8 Å². The van der Waals surface area contributed by atoms with Crippen LogP contribution in [0.4, 0.5) is 0 Å². The van der Waals surface area contributed by atoms with Gasteiger partial charge in [0, 0.05) is 26.6 Å². The van der Waals surface area contributed by atoms with E-state index in [1.165, 1.54) is 18.4 Å². The highest BCUT2D eigenvalue weighted by Gasteiger charge is 2.24. The Kier molecular flexibility index (Phi) is 11.6. The summed E-state index contributed by atoms with van der Waals surface area (Å²) in [6, 6.07) is 10.5. The maximum atomic E-state index is 12.8. The molecule has 2 unspecified atom stereocenters. The predicted octanol–water partition coefficient (Wildman–Crippen LogP) is 3.54. The molecule has 1 fully saturated rings. The summed E-state index contributed by atoms with van der Waals surface area (Å²) in [7, 11) is 1.70. The average molecular weight is 383 g/mol. The van der Waals surface area contributed by atoms with Gasteiger partial charge in [-0.25, -0.2) is 0 Å². The van der Waals surface area contributed by atoms with Crippen LogP contribution < -0.4 is 5.32 Å². The van der Waals surface area contributed by atoms with Crippen molar-refractivity contribution in [2.24, 2.45) is 11.8 Å². The number of methoxy groups -OCH3 is 1. The molecule has 26 heavy (non-hydrogen) atoms. The molecule has 1 aromatic carbocycles. The van der Waals surface area contributed by atoms with E-state index in [1.807, 2.05) is 11.0 Å². The first-order valence-corrected chi connectivity index (χ1v) is 9.72. The van der Waals surface area contributed by atoms with Crippen LogP contribution in [0.5, 0.6) is 0 Å². The quantitative estimate of drug-likeness (QED) is 0.672. The molecule has 148 valence electrons. The van der Waals surface area contributed by atoms with Gasteiger partial charge in [0.2, 0.25) is 5.91 Å². The van der Waals surface area contributed by atoms with Gasteiger partial charge in [-0.2, -0.15) is 0 Å². The Morgan fingerprint density at radius 1 is 1.31 bits per heavy atom. The topological polar surface area (TPSA) is 41.6 Å². The van der Waals surface area contributed by atoms with Gasteiger partial charge in [-0.15, -0.1) is 12.4 Å². The smallest absolute Gasteiger partial charge is 0.222 e. The third kappa shape index (κ3) is 8.07. The molecule has 1 N–H and O–H groups in total. The number of benzene rings is 1. The van der Waals surface area contributed by atoms with Gasteiger partial charge in [0.15, 0.2) is 0 Å². The second kappa shape index (κ2) is 13.1. The minimum absolute atomic E-state index is 0. The van der Waals surface area contributed by atoms with Gasteiger partial charge >= 0.3 is 0 Å². The van der Waals surface area contributed by atoms with Crippen LogP contribution >= 0.6 is 12.4 Å². The highest BCUT2D eigenvalue weighted by atomic mass is 35.5. The summed E-state index contributed by atoms with van der Waals surface area (Å²) in [6.45, 7) is 6.52. The van der Waals surface area contributed by atoms with Gasteiger partial charge in [-0.3, -0.25) is 4.79 Å². The molecule has 1 heterocycles. The zero-order valence-corrected chi connectivity index (χ0v) is 17.1. The molecular formula is C21H35ClN2O2. The lowest BCUT2D eigenvalue weighted by Crippen LogP contribution is -2.39. The monoisotopic (exact) mass is 382 g/mol. The second-order valence-corrected chi connectivity index (χ2v) is 7.25. The van der Waals surface area contributed by atoms with Crippen LogP contribution in [0.25, 0.3) is 0 Å². The Balaban J connectivity index is 0.00000338. The van der Waals surface area contributed by atoms with E-state index in [0.29, 0.717) is 31.4 Å². The van der Waals surface area contributed by atoms with Gasteiger partial charge in [0.25, 0.3) is 0 Å². The van der Waals surface area contributed by atoms with Crippen molar-refractivity contribution in [3.05, 3.63) is 35.9 Å². The molecule has 4 nitrogen and oxygen atoms in total. The fourth-order valence-electron chi connectivity index (χ4n) is 3.62. The lowest BCUT2D eigenvalue weighted by molar-refractivity contribution is -0.133. The minimum atomic E-state index is 0. The molecule has 0 spiro atoms. The zero-order valence-electron chi connectivity index (χ0n) is 16.3. The van der Waals surface area contributed by atoms with Crippen molar-refractivity contribution < 1.29 is 9.53 Å². The number of aryl methyl sites for hydroxylation is 1. The molecule has 0 bridgehead atoms. The van der Waals surface area contributed by atoms with Crippen molar-refractivity contribution in [1.82, 2.24) is 10.2 Å². The first-order valence-electron chi connectivity index (χ1n) is 9.72. The molecule has 1 aliphatic rings. The first kappa shape index (κ1) is 22.9. The van der Waals surface area contributed by atoms with E-state index in [2.05, 4.69) is 36.5 Å². The lowest BCUT2D eigenvalue weighted by Gasteiger charge is -2.30. The van der Waals surface area contributed by atoms with Gasteiger partial charge in [-0.1, -0.05) is 37.3 Å². The second-order valence-electron chi connectivity index (χ2n) is 7.25. The predicted molar refractivity (Wildman–Crippen MR) is 110 cm³/mol. The van der Waals surface area contributed by atoms with Crippen LogP contribution in [0.15, 0.2) is 30.3 Å². The van der Waals surface area contributed by atoms with Crippen LogP contribution in [0.1, 0.15) is 38.2 Å². The van der Waals surface area contributed by atoms with Crippen molar-refractivity contribution in [3.63, 3.8) is 0 Å². The average Bonchev–Trinajstić information content (AvgIpc) is 2.66. The van der Waals surface area contributed by atoms with E-state index < -0.39 is 0 Å². The standard InChI is InChI=1S/C21H34N2O2.ClH/c1-18(20-11-6-12-22-17-20)16-21(24)23(14-15-25-2)13-7-10-19-8-4-3-5-9-19;/h3-5,8-9,18,20,22H,6-7,10-17H2,1-2H3;1H. The number of piperidine rings is 1. The van der Waals surface area contributed by atoms with Gasteiger partial charge in [0.05, 0.1) is 6.61 Å². The van der Waals surface area contributed by atoms with Gasteiger partial charge < -0.3 is 15.0 Å². The summed E-state index contributed by atoms with van der Waals surface area (Å²) >= 11 is 0. The highest BCUT2D eigenvalue weighted by molar-refractivity contribution is 5.85. The molecule has 5 heteroatoms. The Hall–Kier alpha value is -1.10. The number of hydrogen-bond donors (Lipinski definition) is 1. The Labute approximate surface area is 165 Å². The number of ether oxygens (including phenoxy) is 1. The first-order chi connectivity index (χ1) is 12.2. The molecule has 0 saturated carbocycles. The third-order valence-corrected chi connectivity index (χ3v) is 5.29. The summed E-state index contributed by atoms with van der Waals surface area (Å²) in [6.07, 6.45) is 5.14. The number of rotatable bonds is 10. The Morgan fingerprint density at radius 3 is 2.73 bits per heavy atom. The SMILES string of the molecule is COCCN(CCCc1ccccc1)C(=O)CC(C)C1CCCNC1.Cl. The molecule has 2 rings (SSSR count). The van der Waals surface area contributed by atoms with E-state index in [9.17, 15) is 4.79 Å².